The minimum absolute atomic E-state index is 0.684. The van der Waals surface area contributed by atoms with Gasteiger partial charge in [0, 0.05) is 20.8 Å². The van der Waals surface area contributed by atoms with Crippen molar-refractivity contribution < 1.29 is 0 Å². The molecule has 0 bridgehead atoms. The van der Waals surface area contributed by atoms with Gasteiger partial charge in [-0.2, -0.15) is 0 Å². The second kappa shape index (κ2) is 6.62. The van der Waals surface area contributed by atoms with Gasteiger partial charge in [0.2, 0.25) is 0 Å². The van der Waals surface area contributed by atoms with Gasteiger partial charge in [0.05, 0.1) is 10.7 Å². The Hall–Kier alpha value is -0.670. The number of nitrogens with zero attached hydrogens (tertiary/aromatic N) is 1. The molecule has 1 saturated carbocycles. The van der Waals surface area contributed by atoms with Crippen LogP contribution in [-0.4, -0.2) is 4.98 Å². The third-order valence-electron chi connectivity index (χ3n) is 4.65. The van der Waals surface area contributed by atoms with Gasteiger partial charge in [-0.15, -0.1) is 11.3 Å². The van der Waals surface area contributed by atoms with Gasteiger partial charge in [-0.25, -0.2) is 4.98 Å². The molecule has 3 rings (SSSR count). The van der Waals surface area contributed by atoms with Gasteiger partial charge in [-0.3, -0.25) is 0 Å². The van der Waals surface area contributed by atoms with Crippen LogP contribution in [0.1, 0.15) is 54.8 Å². The molecule has 2 aromatic rings. The van der Waals surface area contributed by atoms with Gasteiger partial charge < -0.3 is 0 Å². The third-order valence-corrected chi connectivity index (χ3v) is 6.48. The van der Waals surface area contributed by atoms with Crippen molar-refractivity contribution in [2.45, 2.75) is 51.9 Å². The van der Waals surface area contributed by atoms with Gasteiger partial charge >= 0.3 is 0 Å². The SMILES string of the molecule is CCC1CCCC(c2nc(-c3ccccc3Br)c(C)s2)C1. The van der Waals surface area contributed by atoms with Crippen LogP contribution in [0.15, 0.2) is 28.7 Å². The Kier molecular flexibility index (Phi) is 4.80. The summed E-state index contributed by atoms with van der Waals surface area (Å²) in [7, 11) is 0. The molecule has 0 amide bonds. The fourth-order valence-electron chi connectivity index (χ4n) is 3.38. The first-order valence-electron chi connectivity index (χ1n) is 7.91. The summed E-state index contributed by atoms with van der Waals surface area (Å²) in [6.07, 6.45) is 6.75. The highest BCUT2D eigenvalue weighted by molar-refractivity contribution is 9.10. The molecule has 21 heavy (non-hydrogen) atoms. The van der Waals surface area contributed by atoms with E-state index in [1.807, 2.05) is 11.3 Å². The van der Waals surface area contributed by atoms with Crippen LogP contribution in [0, 0.1) is 12.8 Å². The molecule has 112 valence electrons. The van der Waals surface area contributed by atoms with Crippen molar-refractivity contribution in [3.63, 3.8) is 0 Å². The minimum atomic E-state index is 0.684. The Morgan fingerprint density at radius 3 is 2.86 bits per heavy atom. The van der Waals surface area contributed by atoms with Crippen LogP contribution in [0.5, 0.6) is 0 Å². The molecular weight excluding hydrogens is 342 g/mol. The number of aryl methyl sites for hydroxylation is 1. The smallest absolute Gasteiger partial charge is 0.0966 e. The monoisotopic (exact) mass is 363 g/mol. The van der Waals surface area contributed by atoms with E-state index in [0.29, 0.717) is 5.92 Å². The highest BCUT2D eigenvalue weighted by Crippen LogP contribution is 2.41. The van der Waals surface area contributed by atoms with Crippen LogP contribution in [0.2, 0.25) is 0 Å². The fourth-order valence-corrected chi connectivity index (χ4v) is 4.94. The van der Waals surface area contributed by atoms with Crippen LogP contribution >= 0.6 is 27.3 Å². The second-order valence-corrected chi connectivity index (χ2v) is 8.16. The van der Waals surface area contributed by atoms with Crippen molar-refractivity contribution in [3.05, 3.63) is 38.6 Å². The highest BCUT2D eigenvalue weighted by Gasteiger charge is 2.25. The normalized spacial score (nSPS) is 22.4. The van der Waals surface area contributed by atoms with E-state index >= 15 is 0 Å². The lowest BCUT2D eigenvalue weighted by Crippen LogP contribution is -2.13. The largest absolute Gasteiger partial charge is 0.241 e. The molecular formula is C18H22BrNS. The Balaban J connectivity index is 1.89. The molecule has 0 aliphatic heterocycles. The third kappa shape index (κ3) is 3.24. The maximum absolute atomic E-state index is 5.02. The standard InChI is InChI=1S/C18H22BrNS/c1-3-13-7-6-8-14(11-13)18-20-17(12(2)21-18)15-9-4-5-10-16(15)19/h4-5,9-10,13-14H,3,6-8,11H2,1-2H3. The second-order valence-electron chi connectivity index (χ2n) is 6.07. The Morgan fingerprint density at radius 1 is 1.29 bits per heavy atom. The first kappa shape index (κ1) is 15.2. The van der Waals surface area contributed by atoms with Crippen LogP contribution in [0.3, 0.4) is 0 Å². The molecule has 0 radical (unpaired) electrons. The number of thiazole rings is 1. The van der Waals surface area contributed by atoms with Crippen LogP contribution in [-0.2, 0) is 0 Å². The molecule has 1 heterocycles. The predicted molar refractivity (Wildman–Crippen MR) is 95.0 cm³/mol. The number of hydrogen-bond donors (Lipinski definition) is 0. The van der Waals surface area contributed by atoms with Gasteiger partial charge in [-0.1, -0.05) is 60.3 Å². The number of rotatable bonds is 3. The number of aromatic nitrogens is 1. The van der Waals surface area contributed by atoms with E-state index in [1.54, 1.807) is 0 Å². The summed E-state index contributed by atoms with van der Waals surface area (Å²) in [5.41, 5.74) is 2.39. The van der Waals surface area contributed by atoms with E-state index in [4.69, 9.17) is 4.98 Å². The van der Waals surface area contributed by atoms with Gasteiger partial charge in [0.15, 0.2) is 0 Å². The molecule has 1 fully saturated rings. The molecule has 2 unspecified atom stereocenters. The van der Waals surface area contributed by atoms with Crippen LogP contribution < -0.4 is 0 Å². The van der Waals surface area contributed by atoms with Crippen LogP contribution in [0.4, 0.5) is 0 Å². The first-order valence-corrected chi connectivity index (χ1v) is 9.52. The van der Waals surface area contributed by atoms with E-state index in [0.717, 1.165) is 10.4 Å². The molecule has 1 aromatic carbocycles. The summed E-state index contributed by atoms with van der Waals surface area (Å²) in [5.74, 6) is 1.59. The van der Waals surface area contributed by atoms with Crippen molar-refractivity contribution in [1.29, 1.82) is 0 Å². The molecule has 0 N–H and O–H groups in total. The zero-order valence-corrected chi connectivity index (χ0v) is 15.1. The minimum Gasteiger partial charge on any atom is -0.241 e. The lowest BCUT2D eigenvalue weighted by molar-refractivity contribution is 0.314. The summed E-state index contributed by atoms with van der Waals surface area (Å²) >= 11 is 5.56. The van der Waals surface area contributed by atoms with Gasteiger partial charge in [0.25, 0.3) is 0 Å². The average Bonchev–Trinajstić information content (AvgIpc) is 2.90. The zero-order chi connectivity index (χ0) is 14.8. The molecule has 3 heteroatoms. The molecule has 0 saturated heterocycles. The predicted octanol–water partition coefficient (Wildman–Crippen LogP) is 6.56. The van der Waals surface area contributed by atoms with Crippen molar-refractivity contribution in [3.8, 4) is 11.3 Å². The molecule has 2 atom stereocenters. The van der Waals surface area contributed by atoms with Crippen molar-refractivity contribution in [1.82, 2.24) is 4.98 Å². The molecule has 0 spiro atoms. The molecule has 1 aliphatic carbocycles. The number of hydrogen-bond acceptors (Lipinski definition) is 2. The summed E-state index contributed by atoms with van der Waals surface area (Å²) in [6.45, 7) is 4.53. The van der Waals surface area contributed by atoms with E-state index in [-0.39, 0.29) is 0 Å². The van der Waals surface area contributed by atoms with E-state index < -0.39 is 0 Å². The molecule has 1 aliphatic rings. The fraction of sp³-hybridized carbons (Fsp3) is 0.500. The Bertz CT molecular complexity index is 619. The van der Waals surface area contributed by atoms with E-state index in [1.165, 1.54) is 53.2 Å². The Morgan fingerprint density at radius 2 is 2.10 bits per heavy atom. The summed E-state index contributed by atoms with van der Waals surface area (Å²) in [6, 6.07) is 8.41. The maximum atomic E-state index is 5.02. The van der Waals surface area contributed by atoms with Gasteiger partial charge in [-0.05, 0) is 31.7 Å². The summed E-state index contributed by atoms with van der Waals surface area (Å²) < 4.78 is 1.14. The molecule has 1 nitrogen and oxygen atoms in total. The average molecular weight is 364 g/mol. The Labute approximate surface area is 139 Å². The molecule has 1 aromatic heterocycles. The summed E-state index contributed by atoms with van der Waals surface area (Å²) in [5, 5.41) is 1.36. The zero-order valence-electron chi connectivity index (χ0n) is 12.7. The van der Waals surface area contributed by atoms with Crippen LogP contribution in [0.25, 0.3) is 11.3 Å². The first-order chi connectivity index (χ1) is 10.2. The number of benzene rings is 1. The lowest BCUT2D eigenvalue weighted by Gasteiger charge is -2.26. The highest BCUT2D eigenvalue weighted by atomic mass is 79.9. The quantitative estimate of drug-likeness (QED) is 0.601. The van der Waals surface area contributed by atoms with E-state index in [2.05, 4.69) is 54.0 Å². The maximum Gasteiger partial charge on any atom is 0.0966 e. The summed E-state index contributed by atoms with van der Waals surface area (Å²) in [4.78, 5) is 6.36. The van der Waals surface area contributed by atoms with E-state index in [9.17, 15) is 0 Å². The van der Waals surface area contributed by atoms with Crippen molar-refractivity contribution in [2.75, 3.05) is 0 Å². The lowest BCUT2D eigenvalue weighted by atomic mass is 9.80. The van der Waals surface area contributed by atoms with Gasteiger partial charge in [0.1, 0.15) is 0 Å². The number of halogens is 1. The van der Waals surface area contributed by atoms with Crippen molar-refractivity contribution >= 4 is 27.3 Å². The van der Waals surface area contributed by atoms with Crippen molar-refractivity contribution in [2.24, 2.45) is 5.92 Å². The topological polar surface area (TPSA) is 12.9 Å².